The van der Waals surface area contributed by atoms with Crippen molar-refractivity contribution in [2.45, 2.75) is 20.5 Å². The minimum atomic E-state index is -0.371. The number of hydrogen-bond acceptors (Lipinski definition) is 6. The summed E-state index contributed by atoms with van der Waals surface area (Å²) in [6, 6.07) is 18.5. The summed E-state index contributed by atoms with van der Waals surface area (Å²) in [5.41, 5.74) is 4.71. The van der Waals surface area contributed by atoms with E-state index in [1.807, 2.05) is 50.2 Å². The second-order valence-corrected chi connectivity index (χ2v) is 7.89. The SMILES string of the molecule is CCOc1cc(C(=O)N/N=C/c2cc(Br)c(OC)c(OCC)c2)ccc1OCc1ccccc1. The van der Waals surface area contributed by atoms with E-state index in [0.29, 0.717) is 48.4 Å². The summed E-state index contributed by atoms with van der Waals surface area (Å²) in [6.07, 6.45) is 1.53. The monoisotopic (exact) mass is 526 g/mol. The van der Waals surface area contributed by atoms with Gasteiger partial charge in [-0.15, -0.1) is 0 Å². The number of nitrogens with zero attached hydrogens (tertiary/aromatic N) is 1. The summed E-state index contributed by atoms with van der Waals surface area (Å²) < 4.78 is 23.3. The van der Waals surface area contributed by atoms with E-state index in [4.69, 9.17) is 18.9 Å². The Labute approximate surface area is 207 Å². The highest BCUT2D eigenvalue weighted by Gasteiger charge is 2.13. The van der Waals surface area contributed by atoms with Gasteiger partial charge < -0.3 is 18.9 Å². The van der Waals surface area contributed by atoms with Crippen molar-refractivity contribution in [2.75, 3.05) is 20.3 Å². The molecule has 3 aromatic carbocycles. The molecule has 178 valence electrons. The quantitative estimate of drug-likeness (QED) is 0.260. The third kappa shape index (κ3) is 6.74. The standard InChI is InChI=1S/C26H27BrN2O5/c1-4-32-23-15-20(11-12-22(23)34-17-18-9-7-6-8-10-18)26(30)29-28-16-19-13-21(27)25(31-3)24(14-19)33-5-2/h6-16H,4-5,17H2,1-3H3,(H,29,30)/b28-16+. The van der Waals surface area contributed by atoms with Crippen LogP contribution in [0, 0.1) is 0 Å². The van der Waals surface area contributed by atoms with Crippen LogP contribution >= 0.6 is 15.9 Å². The van der Waals surface area contributed by atoms with Crippen molar-refractivity contribution in [1.29, 1.82) is 0 Å². The van der Waals surface area contributed by atoms with Gasteiger partial charge >= 0.3 is 0 Å². The molecule has 0 fully saturated rings. The number of rotatable bonds is 11. The molecule has 1 amide bonds. The first kappa shape index (κ1) is 25.1. The molecule has 0 aliphatic rings. The molecule has 0 atom stereocenters. The lowest BCUT2D eigenvalue weighted by Crippen LogP contribution is -2.17. The third-order valence-electron chi connectivity index (χ3n) is 4.66. The van der Waals surface area contributed by atoms with Crippen LogP contribution in [0.4, 0.5) is 0 Å². The largest absolute Gasteiger partial charge is 0.492 e. The first-order valence-corrected chi connectivity index (χ1v) is 11.6. The summed E-state index contributed by atoms with van der Waals surface area (Å²) in [4.78, 5) is 12.6. The first-order chi connectivity index (χ1) is 16.5. The maximum atomic E-state index is 12.6. The van der Waals surface area contributed by atoms with Gasteiger partial charge in [-0.1, -0.05) is 30.3 Å². The zero-order valence-electron chi connectivity index (χ0n) is 19.3. The Morgan fingerprint density at radius 2 is 1.68 bits per heavy atom. The second-order valence-electron chi connectivity index (χ2n) is 7.04. The summed E-state index contributed by atoms with van der Waals surface area (Å²) in [7, 11) is 1.57. The van der Waals surface area contributed by atoms with Crippen molar-refractivity contribution in [2.24, 2.45) is 5.10 Å². The van der Waals surface area contributed by atoms with E-state index in [0.717, 1.165) is 15.6 Å². The summed E-state index contributed by atoms with van der Waals surface area (Å²) in [6.45, 7) is 5.11. The Kier molecular flexibility index (Phi) is 9.34. The molecular formula is C26H27BrN2O5. The molecule has 0 radical (unpaired) electrons. The van der Waals surface area contributed by atoms with E-state index in [-0.39, 0.29) is 5.91 Å². The van der Waals surface area contributed by atoms with Crippen LogP contribution < -0.4 is 24.4 Å². The Morgan fingerprint density at radius 1 is 0.941 bits per heavy atom. The normalized spacial score (nSPS) is 10.7. The van der Waals surface area contributed by atoms with Crippen LogP contribution in [0.25, 0.3) is 0 Å². The van der Waals surface area contributed by atoms with Gasteiger partial charge in [-0.05, 0) is 71.2 Å². The molecule has 34 heavy (non-hydrogen) atoms. The van der Waals surface area contributed by atoms with Crippen LogP contribution in [0.3, 0.4) is 0 Å². The van der Waals surface area contributed by atoms with Gasteiger partial charge in [0.25, 0.3) is 5.91 Å². The van der Waals surface area contributed by atoms with Crippen LogP contribution in [0.1, 0.15) is 35.3 Å². The molecule has 0 unspecified atom stereocenters. The van der Waals surface area contributed by atoms with Gasteiger partial charge in [0.1, 0.15) is 6.61 Å². The molecule has 0 aliphatic heterocycles. The highest BCUT2D eigenvalue weighted by Crippen LogP contribution is 2.36. The smallest absolute Gasteiger partial charge is 0.271 e. The molecule has 0 bridgehead atoms. The average Bonchev–Trinajstić information content (AvgIpc) is 2.84. The van der Waals surface area contributed by atoms with Crippen molar-refractivity contribution >= 4 is 28.1 Å². The molecule has 0 aromatic heterocycles. The molecule has 0 aliphatic carbocycles. The van der Waals surface area contributed by atoms with Crippen LogP contribution in [0.5, 0.6) is 23.0 Å². The fourth-order valence-corrected chi connectivity index (χ4v) is 3.75. The van der Waals surface area contributed by atoms with Gasteiger partial charge in [0.05, 0.1) is 31.0 Å². The van der Waals surface area contributed by atoms with Gasteiger partial charge in [0, 0.05) is 5.56 Å². The zero-order chi connectivity index (χ0) is 24.3. The van der Waals surface area contributed by atoms with Crippen molar-refractivity contribution in [3.05, 3.63) is 81.8 Å². The highest BCUT2D eigenvalue weighted by molar-refractivity contribution is 9.10. The Morgan fingerprint density at radius 3 is 2.38 bits per heavy atom. The zero-order valence-corrected chi connectivity index (χ0v) is 20.9. The van der Waals surface area contributed by atoms with E-state index >= 15 is 0 Å². The topological polar surface area (TPSA) is 78.4 Å². The third-order valence-corrected chi connectivity index (χ3v) is 5.25. The number of ether oxygens (including phenoxy) is 4. The highest BCUT2D eigenvalue weighted by atomic mass is 79.9. The lowest BCUT2D eigenvalue weighted by Gasteiger charge is -2.13. The van der Waals surface area contributed by atoms with Crippen molar-refractivity contribution in [1.82, 2.24) is 5.43 Å². The van der Waals surface area contributed by atoms with E-state index in [2.05, 4.69) is 26.5 Å². The predicted molar refractivity (Wildman–Crippen MR) is 135 cm³/mol. The Hall–Kier alpha value is -3.52. The molecular weight excluding hydrogens is 500 g/mol. The van der Waals surface area contributed by atoms with E-state index in [1.54, 1.807) is 31.4 Å². The number of nitrogens with one attached hydrogen (secondary N) is 1. The number of carbonyl (C=O) groups excluding carboxylic acids is 1. The van der Waals surface area contributed by atoms with Crippen molar-refractivity contribution in [3.8, 4) is 23.0 Å². The molecule has 1 N–H and O–H groups in total. The number of halogens is 1. The Balaban J connectivity index is 1.69. The van der Waals surface area contributed by atoms with Crippen LogP contribution in [-0.2, 0) is 6.61 Å². The van der Waals surface area contributed by atoms with E-state index in [1.165, 1.54) is 6.21 Å². The lowest BCUT2D eigenvalue weighted by molar-refractivity contribution is 0.0954. The van der Waals surface area contributed by atoms with Crippen molar-refractivity contribution < 1.29 is 23.7 Å². The van der Waals surface area contributed by atoms with Crippen LogP contribution in [-0.4, -0.2) is 32.4 Å². The van der Waals surface area contributed by atoms with Gasteiger partial charge in [-0.25, -0.2) is 5.43 Å². The van der Waals surface area contributed by atoms with Gasteiger partial charge in [-0.3, -0.25) is 4.79 Å². The minimum Gasteiger partial charge on any atom is -0.492 e. The predicted octanol–water partition coefficient (Wildman–Crippen LogP) is 5.60. The fraction of sp³-hybridized carbons (Fsp3) is 0.231. The van der Waals surface area contributed by atoms with Crippen molar-refractivity contribution in [3.63, 3.8) is 0 Å². The second kappa shape index (κ2) is 12.6. The maximum Gasteiger partial charge on any atom is 0.271 e. The van der Waals surface area contributed by atoms with Crippen LogP contribution in [0.15, 0.2) is 70.2 Å². The summed E-state index contributed by atoms with van der Waals surface area (Å²) in [5, 5.41) is 4.08. The molecule has 8 heteroatoms. The number of hydrogen-bond donors (Lipinski definition) is 1. The molecule has 3 aromatic rings. The number of amides is 1. The van der Waals surface area contributed by atoms with Gasteiger partial charge in [-0.2, -0.15) is 5.10 Å². The molecule has 3 rings (SSSR count). The number of methoxy groups -OCH3 is 1. The molecule has 0 heterocycles. The van der Waals surface area contributed by atoms with E-state index < -0.39 is 0 Å². The Bertz CT molecular complexity index is 1140. The molecule has 7 nitrogen and oxygen atoms in total. The number of carbonyl (C=O) groups is 1. The van der Waals surface area contributed by atoms with Gasteiger partial charge in [0.15, 0.2) is 23.0 Å². The van der Waals surface area contributed by atoms with Gasteiger partial charge in [0.2, 0.25) is 0 Å². The average molecular weight is 527 g/mol. The number of benzene rings is 3. The minimum absolute atomic E-state index is 0.371. The summed E-state index contributed by atoms with van der Waals surface area (Å²) >= 11 is 3.46. The number of hydrazone groups is 1. The fourth-order valence-electron chi connectivity index (χ4n) is 3.13. The molecule has 0 saturated heterocycles. The molecule has 0 spiro atoms. The first-order valence-electron chi connectivity index (χ1n) is 10.8. The summed E-state index contributed by atoms with van der Waals surface area (Å²) in [5.74, 6) is 1.87. The van der Waals surface area contributed by atoms with Crippen LogP contribution in [0.2, 0.25) is 0 Å². The van der Waals surface area contributed by atoms with E-state index in [9.17, 15) is 4.79 Å². The molecule has 0 saturated carbocycles. The maximum absolute atomic E-state index is 12.6. The lowest BCUT2D eigenvalue weighted by atomic mass is 10.2.